The Bertz CT molecular complexity index is 486. The second-order valence-electron chi connectivity index (χ2n) is 4.49. The quantitative estimate of drug-likeness (QED) is 0.882. The van der Waals surface area contributed by atoms with E-state index < -0.39 is 0 Å². The van der Waals surface area contributed by atoms with Crippen LogP contribution in [0.5, 0.6) is 11.5 Å². The molecule has 1 aromatic carbocycles. The molecule has 1 fully saturated rings. The number of halogens is 1. The second-order valence-corrected chi connectivity index (χ2v) is 5.34. The van der Waals surface area contributed by atoms with E-state index in [1.54, 1.807) is 12.1 Å². The van der Waals surface area contributed by atoms with Gasteiger partial charge in [0.25, 0.3) is 5.91 Å². The van der Waals surface area contributed by atoms with E-state index in [0.717, 1.165) is 0 Å². The topological polar surface area (TPSA) is 67.8 Å². The predicted octanol–water partition coefficient (Wildman–Crippen LogP) is 1.72. The van der Waals surface area contributed by atoms with Gasteiger partial charge in [-0.25, -0.2) is 0 Å². The highest BCUT2D eigenvalue weighted by atomic mass is 79.9. The third-order valence-corrected chi connectivity index (χ3v) is 3.74. The second kappa shape index (κ2) is 5.79. The maximum Gasteiger partial charge on any atom is 0.255 e. The van der Waals surface area contributed by atoms with E-state index in [2.05, 4.69) is 21.2 Å². The van der Waals surface area contributed by atoms with Crippen LogP contribution in [-0.4, -0.2) is 37.4 Å². The van der Waals surface area contributed by atoms with Gasteiger partial charge in [-0.3, -0.25) is 4.79 Å². The molecule has 1 aromatic rings. The summed E-state index contributed by atoms with van der Waals surface area (Å²) >= 11 is 3.35. The van der Waals surface area contributed by atoms with Crippen molar-refractivity contribution < 1.29 is 19.4 Å². The normalized spacial score (nSPS) is 21.5. The van der Waals surface area contributed by atoms with E-state index in [1.807, 2.05) is 0 Å². The summed E-state index contributed by atoms with van der Waals surface area (Å²) in [5.41, 5.74) is 0.412. The molecule has 2 rings (SSSR count). The molecule has 2 N–H and O–H groups in total. The SMILES string of the molecule is COc1cc(Br)c(OC)c(C(=O)NC2CC(O)C2)c1. The van der Waals surface area contributed by atoms with Gasteiger partial charge < -0.3 is 19.9 Å². The molecular formula is C13H16BrNO4. The van der Waals surface area contributed by atoms with Crippen LogP contribution in [0.25, 0.3) is 0 Å². The Morgan fingerprint density at radius 1 is 1.37 bits per heavy atom. The molecule has 6 heteroatoms. The number of rotatable bonds is 4. The van der Waals surface area contributed by atoms with Crippen LogP contribution in [0.4, 0.5) is 0 Å². The summed E-state index contributed by atoms with van der Waals surface area (Å²) in [5.74, 6) is 0.818. The molecule has 0 unspecified atom stereocenters. The van der Waals surface area contributed by atoms with Crippen molar-refractivity contribution in [1.82, 2.24) is 5.32 Å². The Balaban J connectivity index is 2.21. The highest BCUT2D eigenvalue weighted by Crippen LogP contribution is 2.34. The lowest BCUT2D eigenvalue weighted by Gasteiger charge is -2.32. The van der Waals surface area contributed by atoms with Gasteiger partial charge in [-0.05, 0) is 40.9 Å². The first kappa shape index (κ1) is 14.1. The lowest BCUT2D eigenvalue weighted by molar-refractivity contribution is 0.0561. The molecule has 0 radical (unpaired) electrons. The average Bonchev–Trinajstić information content (AvgIpc) is 2.35. The fraction of sp³-hybridized carbons (Fsp3) is 0.462. The highest BCUT2D eigenvalue weighted by Gasteiger charge is 2.29. The van der Waals surface area contributed by atoms with Gasteiger partial charge >= 0.3 is 0 Å². The van der Waals surface area contributed by atoms with E-state index in [1.165, 1.54) is 14.2 Å². The molecule has 0 spiro atoms. The largest absolute Gasteiger partial charge is 0.497 e. The molecule has 1 aliphatic carbocycles. The lowest BCUT2D eigenvalue weighted by Crippen LogP contribution is -2.46. The summed E-state index contributed by atoms with van der Waals surface area (Å²) in [6, 6.07) is 3.40. The number of hydrogen-bond acceptors (Lipinski definition) is 4. The van der Waals surface area contributed by atoms with Crippen LogP contribution in [0.15, 0.2) is 16.6 Å². The van der Waals surface area contributed by atoms with Gasteiger partial charge in [-0.1, -0.05) is 0 Å². The average molecular weight is 330 g/mol. The Kier molecular flexibility index (Phi) is 4.31. The molecule has 5 nitrogen and oxygen atoms in total. The van der Waals surface area contributed by atoms with Crippen molar-refractivity contribution in [1.29, 1.82) is 0 Å². The first-order valence-corrected chi connectivity index (χ1v) is 6.75. The fourth-order valence-electron chi connectivity index (χ4n) is 2.03. The zero-order chi connectivity index (χ0) is 14.0. The van der Waals surface area contributed by atoms with Crippen LogP contribution in [0.1, 0.15) is 23.2 Å². The number of methoxy groups -OCH3 is 2. The molecule has 1 amide bonds. The summed E-state index contributed by atoms with van der Waals surface area (Å²) in [7, 11) is 3.05. The van der Waals surface area contributed by atoms with E-state index >= 15 is 0 Å². The molecule has 104 valence electrons. The van der Waals surface area contributed by atoms with E-state index in [0.29, 0.717) is 34.4 Å². The molecule has 0 atom stereocenters. The smallest absolute Gasteiger partial charge is 0.255 e. The molecule has 19 heavy (non-hydrogen) atoms. The van der Waals surface area contributed by atoms with Gasteiger partial charge in [0.2, 0.25) is 0 Å². The summed E-state index contributed by atoms with van der Waals surface area (Å²) in [5, 5.41) is 12.1. The van der Waals surface area contributed by atoms with Crippen molar-refractivity contribution in [3.8, 4) is 11.5 Å². The van der Waals surface area contributed by atoms with Crippen molar-refractivity contribution >= 4 is 21.8 Å². The van der Waals surface area contributed by atoms with E-state index in [4.69, 9.17) is 9.47 Å². The van der Waals surface area contributed by atoms with E-state index in [-0.39, 0.29) is 18.1 Å². The van der Waals surface area contributed by atoms with E-state index in [9.17, 15) is 9.90 Å². The Morgan fingerprint density at radius 2 is 2.05 bits per heavy atom. The molecule has 0 saturated heterocycles. The van der Waals surface area contributed by atoms with Gasteiger partial charge in [0.05, 0.1) is 30.4 Å². The van der Waals surface area contributed by atoms with Crippen molar-refractivity contribution in [2.75, 3.05) is 14.2 Å². The highest BCUT2D eigenvalue weighted by molar-refractivity contribution is 9.10. The Hall–Kier alpha value is -1.27. The number of aliphatic hydroxyl groups is 1. The number of benzene rings is 1. The number of hydrogen-bond donors (Lipinski definition) is 2. The molecule has 0 aromatic heterocycles. The van der Waals surface area contributed by atoms with Crippen molar-refractivity contribution in [3.05, 3.63) is 22.2 Å². The van der Waals surface area contributed by atoms with Crippen LogP contribution in [0.2, 0.25) is 0 Å². The third kappa shape index (κ3) is 3.01. The minimum Gasteiger partial charge on any atom is -0.497 e. The third-order valence-electron chi connectivity index (χ3n) is 3.15. The monoisotopic (exact) mass is 329 g/mol. The van der Waals surface area contributed by atoms with Crippen molar-refractivity contribution in [2.45, 2.75) is 25.0 Å². The number of ether oxygens (including phenoxy) is 2. The van der Waals surface area contributed by atoms with Gasteiger partial charge in [0.1, 0.15) is 11.5 Å². The summed E-state index contributed by atoms with van der Waals surface area (Å²) in [4.78, 5) is 12.2. The standard InChI is InChI=1S/C13H16BrNO4/c1-18-9-5-10(12(19-2)11(14)6-9)13(17)15-7-3-8(16)4-7/h5-8,16H,3-4H2,1-2H3,(H,15,17). The van der Waals surface area contributed by atoms with Gasteiger partial charge in [0, 0.05) is 6.04 Å². The number of carbonyl (C=O) groups excluding carboxylic acids is 1. The zero-order valence-corrected chi connectivity index (χ0v) is 12.4. The first-order valence-electron chi connectivity index (χ1n) is 5.95. The summed E-state index contributed by atoms with van der Waals surface area (Å²) in [6.07, 6.45) is 0.891. The molecule has 1 aliphatic rings. The van der Waals surface area contributed by atoms with Crippen LogP contribution in [0.3, 0.4) is 0 Å². The molecule has 0 aliphatic heterocycles. The van der Waals surface area contributed by atoms with Crippen LogP contribution in [0, 0.1) is 0 Å². The first-order chi connectivity index (χ1) is 9.05. The maximum absolute atomic E-state index is 12.2. The zero-order valence-electron chi connectivity index (χ0n) is 10.8. The minimum atomic E-state index is -0.302. The fourth-order valence-corrected chi connectivity index (χ4v) is 2.63. The van der Waals surface area contributed by atoms with Gasteiger partial charge in [0.15, 0.2) is 0 Å². The van der Waals surface area contributed by atoms with Gasteiger partial charge in [-0.15, -0.1) is 0 Å². The summed E-state index contributed by atoms with van der Waals surface area (Å²) in [6.45, 7) is 0. The van der Waals surface area contributed by atoms with Crippen LogP contribution >= 0.6 is 15.9 Å². The molecule has 0 bridgehead atoms. The Morgan fingerprint density at radius 3 is 2.58 bits per heavy atom. The molecular weight excluding hydrogens is 314 g/mol. The number of amides is 1. The number of nitrogens with one attached hydrogen (secondary N) is 1. The van der Waals surface area contributed by atoms with Gasteiger partial charge in [-0.2, -0.15) is 0 Å². The molecule has 1 saturated carbocycles. The van der Waals surface area contributed by atoms with Crippen LogP contribution < -0.4 is 14.8 Å². The van der Waals surface area contributed by atoms with Crippen molar-refractivity contribution in [3.63, 3.8) is 0 Å². The van der Waals surface area contributed by atoms with Crippen molar-refractivity contribution in [2.24, 2.45) is 0 Å². The number of aliphatic hydroxyl groups excluding tert-OH is 1. The number of carbonyl (C=O) groups is 1. The maximum atomic E-state index is 12.2. The summed E-state index contributed by atoms with van der Waals surface area (Å²) < 4.78 is 11.0. The molecule has 0 heterocycles. The predicted molar refractivity (Wildman–Crippen MR) is 73.7 cm³/mol. The Labute approximate surface area is 120 Å². The minimum absolute atomic E-state index is 0.0252. The van der Waals surface area contributed by atoms with Crippen LogP contribution in [-0.2, 0) is 0 Å². The lowest BCUT2D eigenvalue weighted by atomic mass is 9.89.